The molecule has 0 radical (unpaired) electrons. The van der Waals surface area contributed by atoms with Crippen LogP contribution in [0.1, 0.15) is 28.5 Å². The first-order chi connectivity index (χ1) is 14.2. The summed E-state index contributed by atoms with van der Waals surface area (Å²) < 4.78 is 5.57. The Bertz CT molecular complexity index is 966. The van der Waals surface area contributed by atoms with Crippen LogP contribution in [0.3, 0.4) is 0 Å². The molecule has 7 nitrogen and oxygen atoms in total. The summed E-state index contributed by atoms with van der Waals surface area (Å²) >= 11 is 0. The number of hydrogen-bond acceptors (Lipinski definition) is 4. The van der Waals surface area contributed by atoms with Crippen LogP contribution in [0.4, 0.5) is 0 Å². The van der Waals surface area contributed by atoms with Gasteiger partial charge in [-0.3, -0.25) is 4.79 Å². The zero-order chi connectivity index (χ0) is 20.5. The van der Waals surface area contributed by atoms with E-state index >= 15 is 0 Å². The van der Waals surface area contributed by atoms with Crippen LogP contribution in [-0.4, -0.2) is 30.4 Å². The predicted octanol–water partition coefficient (Wildman–Crippen LogP) is 2.96. The van der Waals surface area contributed by atoms with Crippen LogP contribution in [0, 0.1) is 0 Å². The fraction of sp³-hybridized carbons (Fsp3) is 0.227. The maximum absolute atomic E-state index is 11.8. The van der Waals surface area contributed by atoms with Gasteiger partial charge in [-0.2, -0.15) is 0 Å². The molecule has 0 spiro atoms. The topological polar surface area (TPSA) is 91.5 Å². The summed E-state index contributed by atoms with van der Waals surface area (Å²) in [7, 11) is 1.62. The van der Waals surface area contributed by atoms with Gasteiger partial charge < -0.3 is 20.4 Å². The van der Waals surface area contributed by atoms with Crippen molar-refractivity contribution in [3.8, 4) is 11.5 Å². The van der Waals surface area contributed by atoms with Gasteiger partial charge in [-0.1, -0.05) is 30.3 Å². The van der Waals surface area contributed by atoms with Gasteiger partial charge in [-0.05, 0) is 36.8 Å². The largest absolute Gasteiger partial charge is 0.444 e. The number of carbonyl (C=O) groups excluding carboxylic acids is 1. The molecule has 3 rings (SSSR count). The van der Waals surface area contributed by atoms with Gasteiger partial charge in [0.1, 0.15) is 6.26 Å². The van der Waals surface area contributed by atoms with Crippen LogP contribution in [0.25, 0.3) is 11.5 Å². The molecule has 1 amide bonds. The second-order valence-electron chi connectivity index (χ2n) is 6.34. The SMILES string of the molecule is CCNC(=NCc1cccc(C(=O)NC)c1)NCc1coc(-c2ccccc2)n1. The molecule has 3 aromatic rings. The highest BCUT2D eigenvalue weighted by atomic mass is 16.3. The molecular formula is C22H25N5O2. The van der Waals surface area contributed by atoms with Crippen LogP contribution in [0.15, 0.2) is 70.3 Å². The van der Waals surface area contributed by atoms with Crippen molar-refractivity contribution >= 4 is 11.9 Å². The summed E-state index contributed by atoms with van der Waals surface area (Å²) in [6.07, 6.45) is 1.64. The summed E-state index contributed by atoms with van der Waals surface area (Å²) in [5, 5.41) is 9.10. The molecule has 150 valence electrons. The van der Waals surface area contributed by atoms with E-state index in [2.05, 4.69) is 25.9 Å². The second-order valence-corrected chi connectivity index (χ2v) is 6.34. The standard InChI is InChI=1S/C22H25N5O2/c1-3-24-22(25-13-16-8-7-11-18(12-16)20(28)23-2)26-14-19-15-29-21(27-19)17-9-5-4-6-10-17/h4-12,15H,3,13-14H2,1-2H3,(H,23,28)(H2,24,25,26). The summed E-state index contributed by atoms with van der Waals surface area (Å²) in [6.45, 7) is 3.68. The van der Waals surface area contributed by atoms with Gasteiger partial charge >= 0.3 is 0 Å². The number of carbonyl (C=O) groups is 1. The van der Waals surface area contributed by atoms with Crippen molar-refractivity contribution in [1.82, 2.24) is 20.9 Å². The molecule has 0 aliphatic carbocycles. The first-order valence-electron chi connectivity index (χ1n) is 9.52. The zero-order valence-electron chi connectivity index (χ0n) is 16.6. The molecule has 0 aliphatic rings. The highest BCUT2D eigenvalue weighted by Crippen LogP contribution is 2.17. The molecule has 0 saturated carbocycles. The molecule has 0 aliphatic heterocycles. The Morgan fingerprint density at radius 3 is 2.69 bits per heavy atom. The molecule has 2 aromatic carbocycles. The number of aromatic nitrogens is 1. The molecule has 0 unspecified atom stereocenters. The first kappa shape index (κ1) is 20.1. The number of hydrogen-bond donors (Lipinski definition) is 3. The summed E-state index contributed by atoms with van der Waals surface area (Å²) in [6, 6.07) is 17.2. The molecule has 29 heavy (non-hydrogen) atoms. The van der Waals surface area contributed by atoms with Crippen molar-refractivity contribution in [3.63, 3.8) is 0 Å². The number of aliphatic imine (C=N–C) groups is 1. The molecule has 0 fully saturated rings. The minimum Gasteiger partial charge on any atom is -0.444 e. The number of nitrogens with one attached hydrogen (secondary N) is 3. The second kappa shape index (κ2) is 10.1. The molecule has 7 heteroatoms. The third kappa shape index (κ3) is 5.68. The van der Waals surface area contributed by atoms with E-state index in [0.717, 1.165) is 23.4 Å². The van der Waals surface area contributed by atoms with E-state index in [0.29, 0.717) is 30.5 Å². The van der Waals surface area contributed by atoms with Crippen LogP contribution >= 0.6 is 0 Å². The lowest BCUT2D eigenvalue weighted by Gasteiger charge is -2.10. The van der Waals surface area contributed by atoms with Crippen molar-refractivity contribution in [2.75, 3.05) is 13.6 Å². The minimum atomic E-state index is -0.110. The molecule has 0 saturated heterocycles. The number of nitrogens with zero attached hydrogens (tertiary/aromatic N) is 2. The van der Waals surface area contributed by atoms with Crippen LogP contribution in [0.5, 0.6) is 0 Å². The first-order valence-corrected chi connectivity index (χ1v) is 9.52. The Morgan fingerprint density at radius 2 is 1.93 bits per heavy atom. The summed E-state index contributed by atoms with van der Waals surface area (Å²) in [5.41, 5.74) is 3.30. The zero-order valence-corrected chi connectivity index (χ0v) is 16.6. The Kier molecular flexibility index (Phi) is 7.00. The highest BCUT2D eigenvalue weighted by molar-refractivity contribution is 5.94. The summed E-state index contributed by atoms with van der Waals surface area (Å²) in [5.74, 6) is 1.15. The van der Waals surface area contributed by atoms with Gasteiger partial charge in [0.15, 0.2) is 5.96 Å². The smallest absolute Gasteiger partial charge is 0.251 e. The fourth-order valence-corrected chi connectivity index (χ4v) is 2.74. The van der Waals surface area contributed by atoms with Gasteiger partial charge in [0.05, 0.1) is 18.8 Å². The van der Waals surface area contributed by atoms with E-state index in [1.165, 1.54) is 0 Å². The minimum absolute atomic E-state index is 0.110. The van der Waals surface area contributed by atoms with E-state index in [4.69, 9.17) is 4.42 Å². The van der Waals surface area contributed by atoms with Gasteiger partial charge in [0.25, 0.3) is 5.91 Å². The Hall–Kier alpha value is -3.61. The quantitative estimate of drug-likeness (QED) is 0.425. The van der Waals surface area contributed by atoms with E-state index < -0.39 is 0 Å². The lowest BCUT2D eigenvalue weighted by atomic mass is 10.1. The van der Waals surface area contributed by atoms with E-state index in [1.807, 2.05) is 55.5 Å². The third-order valence-corrected chi connectivity index (χ3v) is 4.19. The molecule has 0 bridgehead atoms. The molecule has 1 aromatic heterocycles. The van der Waals surface area contributed by atoms with E-state index in [-0.39, 0.29) is 5.91 Å². The predicted molar refractivity (Wildman–Crippen MR) is 113 cm³/mol. The van der Waals surface area contributed by atoms with Crippen molar-refractivity contribution in [2.24, 2.45) is 4.99 Å². The molecule has 1 heterocycles. The third-order valence-electron chi connectivity index (χ3n) is 4.19. The Labute approximate surface area is 170 Å². The Balaban J connectivity index is 1.63. The number of oxazole rings is 1. The molecular weight excluding hydrogens is 366 g/mol. The highest BCUT2D eigenvalue weighted by Gasteiger charge is 2.07. The monoisotopic (exact) mass is 391 g/mol. The van der Waals surface area contributed by atoms with E-state index in [1.54, 1.807) is 19.4 Å². The lowest BCUT2D eigenvalue weighted by molar-refractivity contribution is 0.0963. The lowest BCUT2D eigenvalue weighted by Crippen LogP contribution is -2.36. The van der Waals surface area contributed by atoms with Crippen LogP contribution < -0.4 is 16.0 Å². The average molecular weight is 391 g/mol. The molecule has 3 N–H and O–H groups in total. The number of benzene rings is 2. The van der Waals surface area contributed by atoms with Crippen molar-refractivity contribution < 1.29 is 9.21 Å². The van der Waals surface area contributed by atoms with Gasteiger partial charge in [-0.25, -0.2) is 9.98 Å². The van der Waals surface area contributed by atoms with Crippen molar-refractivity contribution in [1.29, 1.82) is 0 Å². The van der Waals surface area contributed by atoms with E-state index in [9.17, 15) is 4.79 Å². The normalized spacial score (nSPS) is 11.2. The van der Waals surface area contributed by atoms with Gasteiger partial charge in [0.2, 0.25) is 5.89 Å². The van der Waals surface area contributed by atoms with Crippen LogP contribution in [0.2, 0.25) is 0 Å². The fourth-order valence-electron chi connectivity index (χ4n) is 2.74. The number of guanidine groups is 1. The average Bonchev–Trinajstić information content (AvgIpc) is 3.25. The Morgan fingerprint density at radius 1 is 1.10 bits per heavy atom. The maximum Gasteiger partial charge on any atom is 0.251 e. The van der Waals surface area contributed by atoms with Gasteiger partial charge in [0, 0.05) is 24.7 Å². The van der Waals surface area contributed by atoms with Crippen molar-refractivity contribution in [3.05, 3.63) is 77.7 Å². The number of rotatable bonds is 7. The van der Waals surface area contributed by atoms with Crippen LogP contribution in [-0.2, 0) is 13.1 Å². The maximum atomic E-state index is 11.8. The summed E-state index contributed by atoms with van der Waals surface area (Å²) in [4.78, 5) is 20.9. The number of amides is 1. The van der Waals surface area contributed by atoms with Gasteiger partial charge in [-0.15, -0.1) is 0 Å². The molecule has 0 atom stereocenters. The van der Waals surface area contributed by atoms with Crippen molar-refractivity contribution in [2.45, 2.75) is 20.0 Å².